The van der Waals surface area contributed by atoms with Gasteiger partial charge >= 0.3 is 0 Å². The normalized spacial score (nSPS) is 11.6. The zero-order valence-corrected chi connectivity index (χ0v) is 21.3. The Labute approximate surface area is 201 Å². The van der Waals surface area contributed by atoms with Gasteiger partial charge in [-0.05, 0) is 37.3 Å². The summed E-state index contributed by atoms with van der Waals surface area (Å²) in [6, 6.07) is 2.88. The van der Waals surface area contributed by atoms with Crippen molar-refractivity contribution in [3.63, 3.8) is 0 Å². The van der Waals surface area contributed by atoms with Gasteiger partial charge in [-0.1, -0.05) is 63.7 Å². The Bertz CT molecular complexity index is 691. The van der Waals surface area contributed by atoms with Gasteiger partial charge in [0.15, 0.2) is 0 Å². The molecule has 6 nitrogen and oxygen atoms in total. The lowest BCUT2D eigenvalue weighted by atomic mass is 9.99. The molecule has 9 heteroatoms. The highest BCUT2D eigenvalue weighted by molar-refractivity contribution is 6.42. The van der Waals surface area contributed by atoms with Crippen molar-refractivity contribution in [1.82, 2.24) is 10.6 Å². The van der Waals surface area contributed by atoms with Crippen LogP contribution in [0.5, 0.6) is 0 Å². The lowest BCUT2D eigenvalue weighted by molar-refractivity contribution is -0.123. The minimum absolute atomic E-state index is 0.151. The van der Waals surface area contributed by atoms with Crippen LogP contribution in [0.15, 0.2) is 12.1 Å². The number of hydrogen-bond donors (Lipinski definition) is 3. The number of benzene rings is 1. The summed E-state index contributed by atoms with van der Waals surface area (Å²) >= 11 is 11.8. The zero-order chi connectivity index (χ0) is 25.1. The Morgan fingerprint density at radius 1 is 1.22 bits per heavy atom. The number of carbonyl (C=O) groups is 3. The highest BCUT2D eigenvalue weighted by Crippen LogP contribution is 2.29. The predicted octanol–water partition coefficient (Wildman–Crippen LogP) is 4.89. The van der Waals surface area contributed by atoms with Crippen LogP contribution in [0.3, 0.4) is 0 Å². The van der Waals surface area contributed by atoms with Crippen LogP contribution < -0.4 is 16.4 Å². The van der Waals surface area contributed by atoms with E-state index >= 15 is 0 Å². The molecule has 0 saturated heterocycles. The minimum atomic E-state index is -0.511. The standard InChI is InChI=1S/C13H17Cl2F.C8H15N3O3.C2H6/c1-3-9(2)5-4-6-10-12(16)8-7-11(14)13(10)15;1-10-7(13)3-2-6(8(9)14)4-11-5-12;1-2/h7-9H,3-6H2,1-2H3;5-6H,2-4H2,1H3,(H2,9,14)(H,10,13)(H,11,12);1-2H3/t;6-;/m.0./s1. The van der Waals surface area contributed by atoms with Gasteiger partial charge in [-0.15, -0.1) is 0 Å². The summed E-state index contributed by atoms with van der Waals surface area (Å²) in [6.45, 7) is 8.55. The maximum atomic E-state index is 13.5. The minimum Gasteiger partial charge on any atom is -0.369 e. The molecule has 0 fully saturated rings. The van der Waals surface area contributed by atoms with E-state index in [1.807, 2.05) is 13.8 Å². The van der Waals surface area contributed by atoms with Crippen LogP contribution in [-0.2, 0) is 20.8 Å². The highest BCUT2D eigenvalue weighted by atomic mass is 35.5. The molecular weight excluding hydrogens is 456 g/mol. The van der Waals surface area contributed by atoms with Crippen LogP contribution in [0.2, 0.25) is 10.0 Å². The lowest BCUT2D eigenvalue weighted by Gasteiger charge is -2.11. The van der Waals surface area contributed by atoms with E-state index in [0.29, 0.717) is 40.8 Å². The molecule has 0 aliphatic carbocycles. The van der Waals surface area contributed by atoms with Crippen molar-refractivity contribution in [3.8, 4) is 0 Å². The monoisotopic (exact) mass is 493 g/mol. The van der Waals surface area contributed by atoms with Crippen molar-refractivity contribution < 1.29 is 18.8 Å². The number of hydrogen-bond acceptors (Lipinski definition) is 3. The van der Waals surface area contributed by atoms with E-state index < -0.39 is 11.8 Å². The highest BCUT2D eigenvalue weighted by Gasteiger charge is 2.16. The second-order valence-corrected chi connectivity index (χ2v) is 7.85. The molecule has 0 aliphatic rings. The van der Waals surface area contributed by atoms with Crippen molar-refractivity contribution >= 4 is 41.4 Å². The van der Waals surface area contributed by atoms with Gasteiger partial charge in [-0.25, -0.2) is 4.39 Å². The summed E-state index contributed by atoms with van der Waals surface area (Å²) in [5.41, 5.74) is 5.63. The van der Waals surface area contributed by atoms with E-state index in [0.717, 1.165) is 19.3 Å². The summed E-state index contributed by atoms with van der Waals surface area (Å²) in [6.07, 6.45) is 4.93. The van der Waals surface area contributed by atoms with Crippen LogP contribution >= 0.6 is 23.2 Å². The Morgan fingerprint density at radius 3 is 2.34 bits per heavy atom. The topological polar surface area (TPSA) is 101 Å². The molecule has 0 bridgehead atoms. The number of primary amides is 1. The van der Waals surface area contributed by atoms with Crippen LogP contribution in [-0.4, -0.2) is 31.8 Å². The third kappa shape index (κ3) is 14.2. The Balaban J connectivity index is 0. The van der Waals surface area contributed by atoms with E-state index in [-0.39, 0.29) is 24.7 Å². The Kier molecular flexibility index (Phi) is 20.0. The average Bonchev–Trinajstić information content (AvgIpc) is 2.79. The molecule has 2 atom stereocenters. The van der Waals surface area contributed by atoms with Gasteiger partial charge in [0, 0.05) is 25.6 Å². The predicted molar refractivity (Wildman–Crippen MR) is 130 cm³/mol. The first kappa shape index (κ1) is 32.3. The Morgan fingerprint density at radius 2 is 1.84 bits per heavy atom. The molecular formula is C23H38Cl2FN3O3. The molecule has 0 aromatic heterocycles. The summed E-state index contributed by atoms with van der Waals surface area (Å²) in [5, 5.41) is 5.59. The molecule has 0 heterocycles. The van der Waals surface area contributed by atoms with Crippen molar-refractivity contribution in [2.24, 2.45) is 17.6 Å². The molecule has 1 aromatic rings. The summed E-state index contributed by atoms with van der Waals surface area (Å²) < 4.78 is 13.5. The van der Waals surface area contributed by atoms with Gasteiger partial charge in [0.05, 0.1) is 16.0 Å². The number of nitrogens with two attached hydrogens (primary N) is 1. The van der Waals surface area contributed by atoms with Crippen LogP contribution in [0.4, 0.5) is 4.39 Å². The number of nitrogens with one attached hydrogen (secondary N) is 2. The molecule has 4 N–H and O–H groups in total. The first-order valence-corrected chi connectivity index (χ1v) is 11.7. The van der Waals surface area contributed by atoms with Crippen molar-refractivity contribution in [2.75, 3.05) is 13.6 Å². The van der Waals surface area contributed by atoms with E-state index in [1.165, 1.54) is 19.2 Å². The van der Waals surface area contributed by atoms with Gasteiger partial charge in [-0.3, -0.25) is 14.4 Å². The molecule has 184 valence electrons. The van der Waals surface area contributed by atoms with E-state index in [2.05, 4.69) is 24.5 Å². The van der Waals surface area contributed by atoms with Gasteiger partial charge in [0.25, 0.3) is 0 Å². The number of halogens is 3. The van der Waals surface area contributed by atoms with E-state index in [9.17, 15) is 18.8 Å². The first-order chi connectivity index (χ1) is 15.2. The molecule has 3 amide bonds. The first-order valence-electron chi connectivity index (χ1n) is 11.0. The SMILES string of the molecule is CC.CCC(C)CCCc1c(F)ccc(Cl)c1Cl.CNC(=O)CC[C@@H](CNC=O)C(N)=O. The fourth-order valence-corrected chi connectivity index (χ4v) is 3.02. The van der Waals surface area contributed by atoms with Gasteiger partial charge in [0.1, 0.15) is 5.82 Å². The number of carbonyl (C=O) groups excluding carboxylic acids is 3. The molecule has 32 heavy (non-hydrogen) atoms. The second kappa shape index (κ2) is 19.8. The molecule has 0 radical (unpaired) electrons. The molecule has 1 aromatic carbocycles. The largest absolute Gasteiger partial charge is 0.369 e. The summed E-state index contributed by atoms with van der Waals surface area (Å²) in [7, 11) is 1.52. The average molecular weight is 494 g/mol. The van der Waals surface area contributed by atoms with Crippen molar-refractivity contribution in [1.29, 1.82) is 0 Å². The Hall–Kier alpha value is -1.86. The van der Waals surface area contributed by atoms with E-state index in [4.69, 9.17) is 28.9 Å². The third-order valence-corrected chi connectivity index (χ3v) is 5.65. The van der Waals surface area contributed by atoms with E-state index in [1.54, 1.807) is 0 Å². The quantitative estimate of drug-likeness (QED) is 0.285. The maximum Gasteiger partial charge on any atom is 0.222 e. The fourth-order valence-electron chi connectivity index (χ4n) is 2.60. The van der Waals surface area contributed by atoms with Crippen LogP contribution in [0, 0.1) is 17.7 Å². The molecule has 1 unspecified atom stereocenters. The van der Waals surface area contributed by atoms with Crippen LogP contribution in [0.25, 0.3) is 0 Å². The molecule has 0 saturated carbocycles. The third-order valence-electron chi connectivity index (χ3n) is 4.81. The zero-order valence-electron chi connectivity index (χ0n) is 19.8. The molecule has 1 rings (SSSR count). The van der Waals surface area contributed by atoms with Gasteiger partial charge in [0.2, 0.25) is 18.2 Å². The number of amides is 3. The maximum absolute atomic E-state index is 13.5. The fraction of sp³-hybridized carbons (Fsp3) is 0.609. The second-order valence-electron chi connectivity index (χ2n) is 7.06. The van der Waals surface area contributed by atoms with Gasteiger partial charge < -0.3 is 16.4 Å². The summed E-state index contributed by atoms with van der Waals surface area (Å²) in [5.74, 6) is -0.720. The lowest BCUT2D eigenvalue weighted by Crippen LogP contribution is -2.33. The number of rotatable bonds is 12. The molecule has 0 aliphatic heterocycles. The van der Waals surface area contributed by atoms with Crippen molar-refractivity contribution in [3.05, 3.63) is 33.6 Å². The summed E-state index contributed by atoms with van der Waals surface area (Å²) in [4.78, 5) is 31.7. The smallest absolute Gasteiger partial charge is 0.222 e. The van der Waals surface area contributed by atoms with Gasteiger partial charge in [-0.2, -0.15) is 0 Å². The van der Waals surface area contributed by atoms with Crippen LogP contribution in [0.1, 0.15) is 65.4 Å². The molecule has 0 spiro atoms. The van der Waals surface area contributed by atoms with Crippen molar-refractivity contribution in [2.45, 2.75) is 66.2 Å².